The highest BCUT2D eigenvalue weighted by Crippen LogP contribution is 2.19. The molecule has 0 radical (unpaired) electrons. The van der Waals surface area contributed by atoms with Gasteiger partial charge in [-0.25, -0.2) is 4.79 Å². The highest BCUT2D eigenvalue weighted by atomic mass is 16.2. The highest BCUT2D eigenvalue weighted by molar-refractivity contribution is 6.03. The van der Waals surface area contributed by atoms with Crippen molar-refractivity contribution < 1.29 is 14.4 Å². The lowest BCUT2D eigenvalue weighted by Crippen LogP contribution is -2.50. The van der Waals surface area contributed by atoms with Crippen molar-refractivity contribution in [1.82, 2.24) is 15.1 Å². The molecule has 7 nitrogen and oxygen atoms in total. The molecule has 1 aliphatic rings. The van der Waals surface area contributed by atoms with E-state index in [1.165, 1.54) is 0 Å². The number of carbonyl (C=O) groups is 3. The SMILES string of the molecule is CC(C)NC(=O)Nc1ccccc1C(=O)N1CCN(C(=O)c2ccccc2)CC1. The van der Waals surface area contributed by atoms with E-state index >= 15 is 0 Å². The number of urea groups is 1. The largest absolute Gasteiger partial charge is 0.336 e. The first-order valence-corrected chi connectivity index (χ1v) is 9.76. The summed E-state index contributed by atoms with van der Waals surface area (Å²) in [5.74, 6) is -0.178. The smallest absolute Gasteiger partial charge is 0.319 e. The van der Waals surface area contributed by atoms with Crippen LogP contribution in [-0.2, 0) is 0 Å². The minimum absolute atomic E-state index is 0.00640. The standard InChI is InChI=1S/C22H26N4O3/c1-16(2)23-22(29)24-19-11-7-6-10-18(19)21(28)26-14-12-25(13-15-26)20(27)17-8-4-3-5-9-17/h3-11,16H,12-15H2,1-2H3,(H2,23,24,29). The van der Waals surface area contributed by atoms with Crippen LogP contribution in [0.15, 0.2) is 54.6 Å². The van der Waals surface area contributed by atoms with Crippen LogP contribution in [0.5, 0.6) is 0 Å². The summed E-state index contributed by atoms with van der Waals surface area (Å²) >= 11 is 0. The second-order valence-corrected chi connectivity index (χ2v) is 7.25. The molecule has 3 rings (SSSR count). The fraction of sp³-hybridized carbons (Fsp3) is 0.318. The van der Waals surface area contributed by atoms with Crippen molar-refractivity contribution in [3.63, 3.8) is 0 Å². The van der Waals surface area contributed by atoms with Crippen molar-refractivity contribution in [1.29, 1.82) is 0 Å². The van der Waals surface area contributed by atoms with Gasteiger partial charge in [0.25, 0.3) is 11.8 Å². The lowest BCUT2D eigenvalue weighted by Gasteiger charge is -2.35. The zero-order chi connectivity index (χ0) is 20.8. The van der Waals surface area contributed by atoms with Crippen LogP contribution in [0.25, 0.3) is 0 Å². The number of carbonyl (C=O) groups excluding carboxylic acids is 3. The molecule has 2 aromatic carbocycles. The minimum atomic E-state index is -0.349. The Kier molecular flexibility index (Phi) is 6.49. The number of amides is 4. The van der Waals surface area contributed by atoms with Crippen LogP contribution >= 0.6 is 0 Å². The van der Waals surface area contributed by atoms with Crippen molar-refractivity contribution in [2.24, 2.45) is 0 Å². The van der Waals surface area contributed by atoms with E-state index in [0.717, 1.165) is 0 Å². The molecule has 1 fully saturated rings. The van der Waals surface area contributed by atoms with E-state index in [0.29, 0.717) is 43.0 Å². The third kappa shape index (κ3) is 5.13. The number of piperazine rings is 1. The predicted octanol–water partition coefficient (Wildman–Crippen LogP) is 2.81. The van der Waals surface area contributed by atoms with Gasteiger partial charge in [-0.3, -0.25) is 9.59 Å². The summed E-state index contributed by atoms with van der Waals surface area (Å²) in [6, 6.07) is 15.8. The van der Waals surface area contributed by atoms with Crippen molar-refractivity contribution in [3.8, 4) is 0 Å². The van der Waals surface area contributed by atoms with E-state index in [1.54, 1.807) is 46.2 Å². The number of benzene rings is 2. The average Bonchev–Trinajstić information content (AvgIpc) is 2.73. The summed E-state index contributed by atoms with van der Waals surface area (Å²) < 4.78 is 0. The van der Waals surface area contributed by atoms with Gasteiger partial charge in [0.15, 0.2) is 0 Å². The second-order valence-electron chi connectivity index (χ2n) is 7.25. The number of nitrogens with one attached hydrogen (secondary N) is 2. The van der Waals surface area contributed by atoms with Crippen LogP contribution in [-0.4, -0.2) is 59.9 Å². The van der Waals surface area contributed by atoms with Gasteiger partial charge in [0, 0.05) is 37.8 Å². The van der Waals surface area contributed by atoms with E-state index in [9.17, 15) is 14.4 Å². The van der Waals surface area contributed by atoms with E-state index < -0.39 is 0 Å². The van der Waals surface area contributed by atoms with Crippen molar-refractivity contribution in [2.75, 3.05) is 31.5 Å². The molecule has 152 valence electrons. The van der Waals surface area contributed by atoms with Gasteiger partial charge in [-0.15, -0.1) is 0 Å². The summed E-state index contributed by atoms with van der Waals surface area (Å²) in [7, 11) is 0. The van der Waals surface area contributed by atoms with Crippen LogP contribution in [0.3, 0.4) is 0 Å². The van der Waals surface area contributed by atoms with Crippen LogP contribution in [0.4, 0.5) is 10.5 Å². The summed E-state index contributed by atoms with van der Waals surface area (Å²) in [5, 5.41) is 5.50. The lowest BCUT2D eigenvalue weighted by atomic mass is 10.1. The first kappa shape index (κ1) is 20.4. The Balaban J connectivity index is 1.64. The Morgan fingerprint density at radius 2 is 1.34 bits per heavy atom. The number of hydrogen-bond acceptors (Lipinski definition) is 3. The molecule has 0 aromatic heterocycles. The minimum Gasteiger partial charge on any atom is -0.336 e. The molecule has 1 heterocycles. The Morgan fingerprint density at radius 3 is 1.97 bits per heavy atom. The topological polar surface area (TPSA) is 81.8 Å². The van der Waals surface area contributed by atoms with Gasteiger partial charge in [-0.2, -0.15) is 0 Å². The molecule has 0 atom stereocenters. The fourth-order valence-corrected chi connectivity index (χ4v) is 3.25. The Morgan fingerprint density at radius 1 is 0.793 bits per heavy atom. The molecule has 1 saturated heterocycles. The Hall–Kier alpha value is -3.35. The second kappa shape index (κ2) is 9.23. The monoisotopic (exact) mass is 394 g/mol. The molecule has 0 saturated carbocycles. The van der Waals surface area contributed by atoms with Gasteiger partial charge < -0.3 is 20.4 Å². The maximum atomic E-state index is 13.0. The maximum absolute atomic E-state index is 13.0. The molecule has 0 unspecified atom stereocenters. The van der Waals surface area contributed by atoms with Gasteiger partial charge in [0.05, 0.1) is 11.3 Å². The van der Waals surface area contributed by atoms with E-state index in [1.807, 2.05) is 32.0 Å². The fourth-order valence-electron chi connectivity index (χ4n) is 3.25. The number of hydrogen-bond donors (Lipinski definition) is 2. The van der Waals surface area contributed by atoms with Crippen LogP contribution < -0.4 is 10.6 Å². The van der Waals surface area contributed by atoms with Gasteiger partial charge in [0.1, 0.15) is 0 Å². The highest BCUT2D eigenvalue weighted by Gasteiger charge is 2.26. The third-order valence-corrected chi connectivity index (χ3v) is 4.70. The van der Waals surface area contributed by atoms with Crippen LogP contribution in [0, 0.1) is 0 Å². The Labute approximate surface area is 170 Å². The van der Waals surface area contributed by atoms with Crippen molar-refractivity contribution in [2.45, 2.75) is 19.9 Å². The molecule has 0 bridgehead atoms. The van der Waals surface area contributed by atoms with Gasteiger partial charge in [0.2, 0.25) is 0 Å². The molecule has 1 aliphatic heterocycles. The molecule has 29 heavy (non-hydrogen) atoms. The Bertz CT molecular complexity index is 875. The van der Waals surface area contributed by atoms with Gasteiger partial charge in [-0.05, 0) is 38.1 Å². The van der Waals surface area contributed by atoms with Gasteiger partial charge in [-0.1, -0.05) is 30.3 Å². The van der Waals surface area contributed by atoms with E-state index in [4.69, 9.17) is 0 Å². The first-order valence-electron chi connectivity index (χ1n) is 9.76. The zero-order valence-electron chi connectivity index (χ0n) is 16.7. The predicted molar refractivity (Wildman–Crippen MR) is 112 cm³/mol. The molecular weight excluding hydrogens is 368 g/mol. The van der Waals surface area contributed by atoms with Crippen molar-refractivity contribution >= 4 is 23.5 Å². The number of anilines is 1. The molecule has 7 heteroatoms. The third-order valence-electron chi connectivity index (χ3n) is 4.70. The van der Waals surface area contributed by atoms with E-state index in [-0.39, 0.29) is 23.9 Å². The number of para-hydroxylation sites is 1. The van der Waals surface area contributed by atoms with Crippen molar-refractivity contribution in [3.05, 3.63) is 65.7 Å². The summed E-state index contributed by atoms with van der Waals surface area (Å²) in [6.07, 6.45) is 0. The van der Waals surface area contributed by atoms with Crippen LogP contribution in [0.2, 0.25) is 0 Å². The normalized spacial score (nSPS) is 13.9. The quantitative estimate of drug-likeness (QED) is 0.837. The molecule has 2 N–H and O–H groups in total. The van der Waals surface area contributed by atoms with Gasteiger partial charge >= 0.3 is 6.03 Å². The van der Waals surface area contributed by atoms with E-state index in [2.05, 4.69) is 10.6 Å². The zero-order valence-corrected chi connectivity index (χ0v) is 16.7. The lowest BCUT2D eigenvalue weighted by molar-refractivity contribution is 0.0536. The molecule has 0 aliphatic carbocycles. The molecule has 2 aromatic rings. The molecular formula is C22H26N4O3. The number of rotatable bonds is 4. The first-order chi connectivity index (χ1) is 14.0. The summed E-state index contributed by atoms with van der Waals surface area (Å²) in [4.78, 5) is 41.1. The number of nitrogens with zero attached hydrogens (tertiary/aromatic N) is 2. The summed E-state index contributed by atoms with van der Waals surface area (Å²) in [6.45, 7) is 5.58. The maximum Gasteiger partial charge on any atom is 0.319 e. The molecule has 0 spiro atoms. The summed E-state index contributed by atoms with van der Waals surface area (Å²) in [5.41, 5.74) is 1.56. The molecule has 4 amide bonds. The van der Waals surface area contributed by atoms with Crippen LogP contribution in [0.1, 0.15) is 34.6 Å². The average molecular weight is 394 g/mol.